The molecule has 2 aliphatic heterocycles. The summed E-state index contributed by atoms with van der Waals surface area (Å²) in [7, 11) is 0. The summed E-state index contributed by atoms with van der Waals surface area (Å²) in [5, 5.41) is 5.90. The number of carbonyl (C=O) groups excluding carboxylic acids is 2. The first-order valence-corrected chi connectivity index (χ1v) is 9.23. The van der Waals surface area contributed by atoms with Crippen LogP contribution in [0.5, 0.6) is 0 Å². The van der Waals surface area contributed by atoms with Crippen molar-refractivity contribution in [1.29, 1.82) is 0 Å². The van der Waals surface area contributed by atoms with Crippen molar-refractivity contribution in [2.24, 2.45) is 0 Å². The molecule has 134 valence electrons. The highest BCUT2D eigenvalue weighted by Gasteiger charge is 2.29. The van der Waals surface area contributed by atoms with Crippen LogP contribution in [0.2, 0.25) is 0 Å². The van der Waals surface area contributed by atoms with Gasteiger partial charge in [0.25, 0.3) is 0 Å². The van der Waals surface area contributed by atoms with Gasteiger partial charge in [0, 0.05) is 30.4 Å². The van der Waals surface area contributed by atoms with Gasteiger partial charge in [0.1, 0.15) is 0 Å². The summed E-state index contributed by atoms with van der Waals surface area (Å²) >= 11 is 0. The van der Waals surface area contributed by atoms with E-state index in [1.165, 1.54) is 5.56 Å². The van der Waals surface area contributed by atoms with Crippen LogP contribution in [0.3, 0.4) is 0 Å². The highest BCUT2D eigenvalue weighted by molar-refractivity contribution is 5.95. The Morgan fingerprint density at radius 3 is 2.85 bits per heavy atom. The highest BCUT2D eigenvalue weighted by atomic mass is 16.2. The Morgan fingerprint density at radius 2 is 2.00 bits per heavy atom. The van der Waals surface area contributed by atoms with Gasteiger partial charge < -0.3 is 15.5 Å². The van der Waals surface area contributed by atoms with Gasteiger partial charge in [-0.3, -0.25) is 4.79 Å². The first kappa shape index (κ1) is 16.6. The van der Waals surface area contributed by atoms with Crippen LogP contribution >= 0.6 is 0 Å². The van der Waals surface area contributed by atoms with E-state index in [0.717, 1.165) is 42.7 Å². The molecule has 0 radical (unpaired) electrons. The van der Waals surface area contributed by atoms with E-state index in [0.29, 0.717) is 12.8 Å². The van der Waals surface area contributed by atoms with E-state index in [1.807, 2.05) is 41.3 Å². The zero-order valence-electron chi connectivity index (χ0n) is 14.7. The molecular weight excluding hydrogens is 326 g/mol. The van der Waals surface area contributed by atoms with Gasteiger partial charge in [-0.15, -0.1) is 0 Å². The molecule has 1 atom stereocenters. The first-order chi connectivity index (χ1) is 12.7. The maximum atomic E-state index is 12.8. The van der Waals surface area contributed by atoms with Crippen molar-refractivity contribution in [3.05, 3.63) is 59.7 Å². The number of fused-ring (bicyclic) bond motifs is 1. The van der Waals surface area contributed by atoms with E-state index in [1.54, 1.807) is 0 Å². The smallest absolute Gasteiger partial charge is 0.322 e. The van der Waals surface area contributed by atoms with Crippen LogP contribution in [0.25, 0.3) is 0 Å². The summed E-state index contributed by atoms with van der Waals surface area (Å²) in [6, 6.07) is 16.2. The number of nitrogens with zero attached hydrogens (tertiary/aromatic N) is 1. The lowest BCUT2D eigenvalue weighted by molar-refractivity contribution is -0.116. The second-order valence-corrected chi connectivity index (χ2v) is 7.03. The lowest BCUT2D eigenvalue weighted by atomic mass is 10.0. The van der Waals surface area contributed by atoms with E-state index in [9.17, 15) is 9.59 Å². The highest BCUT2D eigenvalue weighted by Crippen LogP contribution is 2.27. The molecule has 2 aromatic carbocycles. The Morgan fingerprint density at radius 1 is 1.15 bits per heavy atom. The van der Waals surface area contributed by atoms with Gasteiger partial charge in [-0.1, -0.05) is 30.3 Å². The Labute approximate surface area is 153 Å². The van der Waals surface area contributed by atoms with Gasteiger partial charge in [-0.05, 0) is 55.0 Å². The van der Waals surface area contributed by atoms with E-state index < -0.39 is 0 Å². The zero-order valence-corrected chi connectivity index (χ0v) is 14.7. The van der Waals surface area contributed by atoms with Crippen molar-refractivity contribution >= 4 is 23.3 Å². The molecule has 5 heteroatoms. The molecule has 5 nitrogen and oxygen atoms in total. The van der Waals surface area contributed by atoms with Crippen LogP contribution in [-0.2, 0) is 17.6 Å². The average molecular weight is 349 g/mol. The van der Waals surface area contributed by atoms with Crippen LogP contribution in [0.4, 0.5) is 16.2 Å². The van der Waals surface area contributed by atoms with Gasteiger partial charge in [0.2, 0.25) is 5.91 Å². The van der Waals surface area contributed by atoms with Crippen LogP contribution < -0.4 is 10.6 Å². The van der Waals surface area contributed by atoms with E-state index in [2.05, 4.69) is 22.8 Å². The third-order valence-electron chi connectivity index (χ3n) is 5.20. The molecular formula is C21H23N3O2. The summed E-state index contributed by atoms with van der Waals surface area (Å²) in [5.41, 5.74) is 3.98. The Bertz CT molecular complexity index is 819. The molecule has 3 amide bonds. The fraction of sp³-hybridized carbons (Fsp3) is 0.333. The van der Waals surface area contributed by atoms with Gasteiger partial charge in [-0.25, -0.2) is 4.79 Å². The first-order valence-electron chi connectivity index (χ1n) is 9.23. The summed E-state index contributed by atoms with van der Waals surface area (Å²) < 4.78 is 0. The number of hydrogen-bond acceptors (Lipinski definition) is 2. The number of nitrogens with one attached hydrogen (secondary N) is 2. The fourth-order valence-corrected chi connectivity index (χ4v) is 3.86. The molecule has 0 aromatic heterocycles. The van der Waals surface area contributed by atoms with Crippen molar-refractivity contribution in [3.8, 4) is 0 Å². The normalized spacial score (nSPS) is 19.0. The molecule has 26 heavy (non-hydrogen) atoms. The molecule has 4 rings (SSSR count). The molecule has 2 aliphatic rings. The van der Waals surface area contributed by atoms with Crippen LogP contribution in [0.15, 0.2) is 48.5 Å². The maximum absolute atomic E-state index is 12.8. The lowest BCUT2D eigenvalue weighted by Crippen LogP contribution is -2.39. The topological polar surface area (TPSA) is 61.4 Å². The lowest BCUT2D eigenvalue weighted by Gasteiger charge is -2.25. The summed E-state index contributed by atoms with van der Waals surface area (Å²) in [4.78, 5) is 26.2. The van der Waals surface area contributed by atoms with Crippen molar-refractivity contribution in [1.82, 2.24) is 4.90 Å². The second-order valence-electron chi connectivity index (χ2n) is 7.03. The number of amides is 3. The predicted molar refractivity (Wildman–Crippen MR) is 102 cm³/mol. The number of benzene rings is 2. The minimum atomic E-state index is -0.0387. The van der Waals surface area contributed by atoms with E-state index in [-0.39, 0.29) is 18.0 Å². The number of likely N-dealkylation sites (tertiary alicyclic amines) is 1. The number of hydrogen-bond donors (Lipinski definition) is 2. The molecule has 1 saturated heterocycles. The second kappa shape index (κ2) is 7.20. The number of aryl methyl sites for hydroxylation is 1. The van der Waals surface area contributed by atoms with Gasteiger partial charge in [0.15, 0.2) is 0 Å². The molecule has 1 fully saturated rings. The molecule has 0 unspecified atom stereocenters. The van der Waals surface area contributed by atoms with E-state index in [4.69, 9.17) is 0 Å². The molecule has 0 bridgehead atoms. The SMILES string of the molecule is O=C1CCc2cc(NC(=O)N3CCC[C@@H]3Cc3ccccc3)ccc2N1. The molecule has 0 aliphatic carbocycles. The van der Waals surface area contributed by atoms with Crippen molar-refractivity contribution < 1.29 is 9.59 Å². The molecule has 0 saturated carbocycles. The number of carbonyl (C=O) groups is 2. The van der Waals surface area contributed by atoms with Gasteiger partial charge >= 0.3 is 6.03 Å². The number of anilines is 2. The van der Waals surface area contributed by atoms with Crippen LogP contribution in [-0.4, -0.2) is 29.4 Å². The maximum Gasteiger partial charge on any atom is 0.322 e. The predicted octanol–water partition coefficient (Wildman–Crippen LogP) is 3.81. The quantitative estimate of drug-likeness (QED) is 0.885. The largest absolute Gasteiger partial charge is 0.326 e. The van der Waals surface area contributed by atoms with E-state index >= 15 is 0 Å². The van der Waals surface area contributed by atoms with Gasteiger partial charge in [0.05, 0.1) is 0 Å². The Balaban J connectivity index is 1.43. The Hall–Kier alpha value is -2.82. The standard InChI is InChI=1S/C21H23N3O2/c25-20-11-8-16-14-17(9-10-19(16)23-20)22-21(26)24-12-4-7-18(24)13-15-5-2-1-3-6-15/h1-3,5-6,9-10,14,18H,4,7-8,11-13H2,(H,22,26)(H,23,25)/t18-/m1/s1. The van der Waals surface area contributed by atoms with Crippen LogP contribution in [0, 0.1) is 0 Å². The third kappa shape index (κ3) is 3.57. The van der Waals surface area contributed by atoms with Crippen molar-refractivity contribution in [2.75, 3.05) is 17.2 Å². The minimum absolute atomic E-state index is 0.0387. The zero-order chi connectivity index (χ0) is 17.9. The van der Waals surface area contributed by atoms with Crippen molar-refractivity contribution in [3.63, 3.8) is 0 Å². The Kier molecular flexibility index (Phi) is 4.61. The number of rotatable bonds is 3. The third-order valence-corrected chi connectivity index (χ3v) is 5.20. The molecule has 2 N–H and O–H groups in total. The number of urea groups is 1. The summed E-state index contributed by atoms with van der Waals surface area (Å²) in [5.74, 6) is 0.0510. The average Bonchev–Trinajstić information content (AvgIpc) is 3.11. The summed E-state index contributed by atoms with van der Waals surface area (Å²) in [6.45, 7) is 0.796. The van der Waals surface area contributed by atoms with Crippen molar-refractivity contribution in [2.45, 2.75) is 38.1 Å². The monoisotopic (exact) mass is 349 g/mol. The summed E-state index contributed by atoms with van der Waals surface area (Å²) in [6.07, 6.45) is 4.19. The van der Waals surface area contributed by atoms with Gasteiger partial charge in [-0.2, -0.15) is 0 Å². The van der Waals surface area contributed by atoms with Crippen LogP contribution in [0.1, 0.15) is 30.4 Å². The molecule has 2 heterocycles. The fourth-order valence-electron chi connectivity index (χ4n) is 3.86. The molecule has 2 aromatic rings. The molecule has 0 spiro atoms. The minimum Gasteiger partial charge on any atom is -0.326 e.